The largest absolute Gasteiger partial charge is 0.497 e. The van der Waals surface area contributed by atoms with Crippen molar-refractivity contribution < 1.29 is 4.74 Å². The number of guanidine groups is 1. The highest BCUT2D eigenvalue weighted by Gasteiger charge is 2.08. The quantitative estimate of drug-likeness (QED) is 0.679. The van der Waals surface area contributed by atoms with Crippen molar-refractivity contribution in [3.8, 4) is 5.75 Å². The number of nitrogens with zero attached hydrogens (tertiary/aromatic N) is 2. The molecular weight excluding hydrogens is 294 g/mol. The first-order valence-corrected chi connectivity index (χ1v) is 8.09. The van der Waals surface area contributed by atoms with Gasteiger partial charge in [-0.15, -0.1) is 11.3 Å². The summed E-state index contributed by atoms with van der Waals surface area (Å²) in [5.74, 6) is 1.77. The lowest BCUT2D eigenvalue weighted by Crippen LogP contribution is -2.37. The third-order valence-electron chi connectivity index (χ3n) is 3.53. The average Bonchev–Trinajstić information content (AvgIpc) is 2.94. The van der Waals surface area contributed by atoms with Gasteiger partial charge in [0, 0.05) is 25.5 Å². The number of nitrogens with one attached hydrogen (secondary N) is 1. The molecule has 0 aliphatic carbocycles. The Labute approximate surface area is 136 Å². The molecule has 0 unspecified atom stereocenters. The van der Waals surface area contributed by atoms with E-state index in [1.165, 1.54) is 16.0 Å². The molecule has 1 aromatic heterocycles. The van der Waals surface area contributed by atoms with E-state index in [1.54, 1.807) is 18.4 Å². The predicted octanol–water partition coefficient (Wildman–Crippen LogP) is 3.27. The maximum atomic E-state index is 5.19. The Hall–Kier alpha value is -2.01. The van der Waals surface area contributed by atoms with Crippen LogP contribution in [0.25, 0.3) is 0 Å². The second-order valence-electron chi connectivity index (χ2n) is 5.13. The van der Waals surface area contributed by atoms with Gasteiger partial charge in [-0.3, -0.25) is 4.99 Å². The fourth-order valence-corrected chi connectivity index (χ4v) is 3.05. The van der Waals surface area contributed by atoms with Gasteiger partial charge < -0.3 is 15.0 Å². The van der Waals surface area contributed by atoms with Crippen molar-refractivity contribution in [2.45, 2.75) is 20.0 Å². The van der Waals surface area contributed by atoms with Gasteiger partial charge in [0.2, 0.25) is 0 Å². The number of ether oxygens (including phenoxy) is 1. The van der Waals surface area contributed by atoms with Crippen molar-refractivity contribution in [2.24, 2.45) is 4.99 Å². The van der Waals surface area contributed by atoms with E-state index in [0.29, 0.717) is 0 Å². The number of methoxy groups -OCH3 is 1. The van der Waals surface area contributed by atoms with E-state index in [0.717, 1.165) is 24.8 Å². The molecule has 2 rings (SSSR count). The summed E-state index contributed by atoms with van der Waals surface area (Å²) >= 11 is 1.77. The molecule has 0 amide bonds. The van der Waals surface area contributed by atoms with E-state index in [-0.39, 0.29) is 0 Å². The summed E-state index contributed by atoms with van der Waals surface area (Å²) < 4.78 is 5.19. The summed E-state index contributed by atoms with van der Waals surface area (Å²) in [7, 11) is 5.54. The second kappa shape index (κ2) is 7.84. The van der Waals surface area contributed by atoms with Gasteiger partial charge in [0.15, 0.2) is 5.96 Å². The van der Waals surface area contributed by atoms with Gasteiger partial charge >= 0.3 is 0 Å². The lowest BCUT2D eigenvalue weighted by Gasteiger charge is -2.22. The van der Waals surface area contributed by atoms with Crippen LogP contribution in [0.1, 0.15) is 16.0 Å². The lowest BCUT2D eigenvalue weighted by atomic mass is 10.2. The number of aryl methyl sites for hydroxylation is 1. The number of aliphatic imine (C=N–C) groups is 1. The Morgan fingerprint density at radius 3 is 2.55 bits per heavy atom. The van der Waals surface area contributed by atoms with E-state index in [1.807, 2.05) is 26.2 Å². The molecule has 0 saturated heterocycles. The Bertz CT molecular complexity index is 619. The van der Waals surface area contributed by atoms with Crippen LogP contribution in [0.4, 0.5) is 0 Å². The number of benzene rings is 1. The SMILES string of the molecule is CN=C(NCc1sccc1C)N(C)Cc1ccc(OC)cc1. The molecule has 118 valence electrons. The molecule has 1 aromatic carbocycles. The van der Waals surface area contributed by atoms with Crippen LogP contribution in [0.15, 0.2) is 40.7 Å². The van der Waals surface area contributed by atoms with Gasteiger partial charge in [-0.05, 0) is 41.6 Å². The van der Waals surface area contributed by atoms with Crippen molar-refractivity contribution in [2.75, 3.05) is 21.2 Å². The third-order valence-corrected chi connectivity index (χ3v) is 4.55. The van der Waals surface area contributed by atoms with E-state index in [9.17, 15) is 0 Å². The van der Waals surface area contributed by atoms with Gasteiger partial charge in [0.05, 0.1) is 13.7 Å². The fourth-order valence-electron chi connectivity index (χ4n) is 2.21. The van der Waals surface area contributed by atoms with Crippen molar-refractivity contribution in [3.63, 3.8) is 0 Å². The Morgan fingerprint density at radius 1 is 1.27 bits per heavy atom. The molecule has 0 bridgehead atoms. The van der Waals surface area contributed by atoms with Crippen molar-refractivity contribution in [1.29, 1.82) is 0 Å². The molecule has 2 aromatic rings. The molecule has 0 aliphatic rings. The highest BCUT2D eigenvalue weighted by molar-refractivity contribution is 7.10. The minimum Gasteiger partial charge on any atom is -0.497 e. The Kier molecular flexibility index (Phi) is 5.83. The number of hydrogen-bond donors (Lipinski definition) is 1. The number of hydrogen-bond acceptors (Lipinski definition) is 3. The normalized spacial score (nSPS) is 11.4. The fraction of sp³-hybridized carbons (Fsp3) is 0.353. The van der Waals surface area contributed by atoms with E-state index in [2.05, 4.69) is 45.7 Å². The highest BCUT2D eigenvalue weighted by atomic mass is 32.1. The molecule has 22 heavy (non-hydrogen) atoms. The average molecular weight is 317 g/mol. The topological polar surface area (TPSA) is 36.9 Å². The van der Waals surface area contributed by atoms with E-state index >= 15 is 0 Å². The first-order valence-electron chi connectivity index (χ1n) is 7.21. The Morgan fingerprint density at radius 2 is 2.00 bits per heavy atom. The summed E-state index contributed by atoms with van der Waals surface area (Å²) in [5, 5.41) is 5.54. The van der Waals surface area contributed by atoms with Crippen LogP contribution in [0.5, 0.6) is 5.75 Å². The van der Waals surface area contributed by atoms with Crippen LogP contribution >= 0.6 is 11.3 Å². The first-order chi connectivity index (χ1) is 10.6. The van der Waals surface area contributed by atoms with Crippen LogP contribution in [-0.4, -0.2) is 32.1 Å². The number of thiophene rings is 1. The van der Waals surface area contributed by atoms with Crippen molar-refractivity contribution >= 4 is 17.3 Å². The lowest BCUT2D eigenvalue weighted by molar-refractivity contribution is 0.414. The second-order valence-corrected chi connectivity index (χ2v) is 6.13. The van der Waals surface area contributed by atoms with E-state index < -0.39 is 0 Å². The number of rotatable bonds is 5. The molecule has 0 atom stereocenters. The van der Waals surface area contributed by atoms with Crippen molar-refractivity contribution in [3.05, 3.63) is 51.7 Å². The first kappa shape index (κ1) is 16.4. The van der Waals surface area contributed by atoms with Crippen LogP contribution in [-0.2, 0) is 13.1 Å². The standard InChI is InChI=1S/C17H23N3OS/c1-13-9-10-22-16(13)11-19-17(18-2)20(3)12-14-5-7-15(21-4)8-6-14/h5-10H,11-12H2,1-4H3,(H,18,19). The van der Waals surface area contributed by atoms with Crippen LogP contribution in [0.2, 0.25) is 0 Å². The van der Waals surface area contributed by atoms with E-state index in [4.69, 9.17) is 4.74 Å². The predicted molar refractivity (Wildman–Crippen MR) is 93.7 cm³/mol. The molecule has 1 heterocycles. The van der Waals surface area contributed by atoms with Crippen LogP contribution in [0.3, 0.4) is 0 Å². The molecule has 5 heteroatoms. The molecule has 0 spiro atoms. The summed E-state index contributed by atoms with van der Waals surface area (Å²) in [6, 6.07) is 10.3. The molecule has 0 radical (unpaired) electrons. The molecule has 1 N–H and O–H groups in total. The zero-order chi connectivity index (χ0) is 15.9. The molecule has 0 saturated carbocycles. The smallest absolute Gasteiger partial charge is 0.193 e. The van der Waals surface area contributed by atoms with Gasteiger partial charge in [-0.2, -0.15) is 0 Å². The molecule has 4 nitrogen and oxygen atoms in total. The minimum absolute atomic E-state index is 0.799. The molecular formula is C17H23N3OS. The molecule has 0 fully saturated rings. The maximum Gasteiger partial charge on any atom is 0.193 e. The summed E-state index contributed by atoms with van der Waals surface area (Å²) in [6.07, 6.45) is 0. The maximum absolute atomic E-state index is 5.19. The monoisotopic (exact) mass is 317 g/mol. The molecule has 0 aliphatic heterocycles. The summed E-state index contributed by atoms with van der Waals surface area (Å²) in [5.41, 5.74) is 2.55. The van der Waals surface area contributed by atoms with Crippen molar-refractivity contribution in [1.82, 2.24) is 10.2 Å². The van der Waals surface area contributed by atoms with Crippen LogP contribution < -0.4 is 10.1 Å². The Balaban J connectivity index is 1.93. The van der Waals surface area contributed by atoms with Crippen LogP contribution in [0, 0.1) is 6.92 Å². The van der Waals surface area contributed by atoms with Gasteiger partial charge in [-0.25, -0.2) is 0 Å². The zero-order valence-electron chi connectivity index (χ0n) is 13.6. The van der Waals surface area contributed by atoms with Gasteiger partial charge in [0.25, 0.3) is 0 Å². The highest BCUT2D eigenvalue weighted by Crippen LogP contribution is 2.15. The summed E-state index contributed by atoms with van der Waals surface area (Å²) in [6.45, 7) is 3.74. The third kappa shape index (κ3) is 4.24. The van der Waals surface area contributed by atoms with Gasteiger partial charge in [0.1, 0.15) is 5.75 Å². The van der Waals surface area contributed by atoms with Gasteiger partial charge in [-0.1, -0.05) is 12.1 Å². The zero-order valence-corrected chi connectivity index (χ0v) is 14.4. The summed E-state index contributed by atoms with van der Waals surface area (Å²) in [4.78, 5) is 7.82. The minimum atomic E-state index is 0.799.